The Kier molecular flexibility index (Phi) is 10.4. The molecule has 3 saturated carbocycles. The highest BCUT2D eigenvalue weighted by Gasteiger charge is 2.62. The second-order valence-corrected chi connectivity index (χ2v) is 17.9. The van der Waals surface area contributed by atoms with E-state index in [4.69, 9.17) is 9.47 Å². The molecule has 53 heavy (non-hydrogen) atoms. The van der Waals surface area contributed by atoms with Gasteiger partial charge in [-0.2, -0.15) is 0 Å². The normalized spacial score (nSPS) is 26.4. The number of ether oxygens (including phenoxy) is 2. The first kappa shape index (κ1) is 38.3. The zero-order valence-corrected chi connectivity index (χ0v) is 31.5. The number of nitrogens with one attached hydrogen (secondary N) is 3. The molecule has 0 bridgehead atoms. The molecule has 4 amide bonds. The molecule has 4 N–H and O–H groups in total. The first-order valence-electron chi connectivity index (χ1n) is 18.3. The maximum atomic E-state index is 14.7. The van der Waals surface area contributed by atoms with Crippen LogP contribution in [0, 0.1) is 11.3 Å². The Hall–Kier alpha value is -4.43. The van der Waals surface area contributed by atoms with Crippen LogP contribution in [0.5, 0.6) is 5.75 Å². The van der Waals surface area contributed by atoms with Gasteiger partial charge in [-0.1, -0.05) is 69.3 Å². The summed E-state index contributed by atoms with van der Waals surface area (Å²) in [6.07, 6.45) is 4.98. The summed E-state index contributed by atoms with van der Waals surface area (Å²) < 4.78 is 39.5. The number of nitrogens with zero attached hydrogens (tertiary/aromatic N) is 1. The summed E-state index contributed by atoms with van der Waals surface area (Å²) in [5.74, 6) is -2.48. The average Bonchev–Trinajstić information content (AvgIpc) is 4.00. The highest BCUT2D eigenvalue weighted by Crippen LogP contribution is 2.47. The molecule has 286 valence electrons. The van der Waals surface area contributed by atoms with E-state index in [0.29, 0.717) is 24.0 Å². The number of aromatic hydroxyl groups is 1. The maximum absolute atomic E-state index is 14.7. The van der Waals surface area contributed by atoms with Crippen LogP contribution in [0.3, 0.4) is 0 Å². The van der Waals surface area contributed by atoms with Crippen LogP contribution in [0.2, 0.25) is 0 Å². The summed E-state index contributed by atoms with van der Waals surface area (Å²) in [5, 5.41) is 15.4. The number of para-hydroxylation sites is 1. The smallest absolute Gasteiger partial charge is 0.408 e. The fourth-order valence-corrected chi connectivity index (χ4v) is 8.99. The minimum atomic E-state index is -3.91. The highest BCUT2D eigenvalue weighted by atomic mass is 32.2. The van der Waals surface area contributed by atoms with E-state index in [-0.39, 0.29) is 31.2 Å². The Labute approximate surface area is 310 Å². The predicted octanol–water partition coefficient (Wildman–Crippen LogP) is 4.25. The SMILES string of the molecule is C=C[C@@H]1C[C@]1(NC(=O)[C@@H]1C[C@@](OC)(c2ccc(-c3ccccc3O)cc2)CN1C(=O)[C@@H](NC(=O)OC1CCCC1)C(C)(C)C)C(=O)NS(=O)(=O)C1CC1. The molecule has 2 aromatic rings. The van der Waals surface area contributed by atoms with Gasteiger partial charge in [-0.25, -0.2) is 13.2 Å². The van der Waals surface area contributed by atoms with Crippen molar-refractivity contribution >= 4 is 33.8 Å². The van der Waals surface area contributed by atoms with Gasteiger partial charge in [0.2, 0.25) is 21.8 Å². The van der Waals surface area contributed by atoms with Crippen molar-refractivity contribution in [3.63, 3.8) is 0 Å². The van der Waals surface area contributed by atoms with E-state index < -0.39 is 73.6 Å². The number of methoxy groups -OCH3 is 1. The number of phenolic OH excluding ortho intramolecular Hbond substituents is 1. The molecule has 0 spiro atoms. The van der Waals surface area contributed by atoms with Crippen LogP contribution in [-0.4, -0.2) is 84.9 Å². The van der Waals surface area contributed by atoms with Crippen molar-refractivity contribution in [3.05, 3.63) is 66.7 Å². The number of hydrogen-bond acceptors (Lipinski definition) is 9. The number of carbonyl (C=O) groups is 4. The fourth-order valence-electron chi connectivity index (χ4n) is 7.63. The summed E-state index contributed by atoms with van der Waals surface area (Å²) >= 11 is 0. The van der Waals surface area contributed by atoms with E-state index in [1.165, 1.54) is 18.1 Å². The molecule has 1 saturated heterocycles. The van der Waals surface area contributed by atoms with Gasteiger partial charge in [0.1, 0.15) is 35.1 Å². The Balaban J connectivity index is 1.32. The lowest BCUT2D eigenvalue weighted by Crippen LogP contribution is -2.60. The van der Waals surface area contributed by atoms with Gasteiger partial charge in [0.15, 0.2) is 0 Å². The first-order chi connectivity index (χ1) is 25.0. The van der Waals surface area contributed by atoms with Crippen LogP contribution in [-0.2, 0) is 39.5 Å². The Bertz CT molecular complexity index is 1870. The second kappa shape index (κ2) is 14.4. The Morgan fingerprint density at radius 3 is 2.23 bits per heavy atom. The minimum absolute atomic E-state index is 0.0166. The Morgan fingerprint density at radius 2 is 1.66 bits per heavy atom. The van der Waals surface area contributed by atoms with Crippen molar-refractivity contribution in [1.82, 2.24) is 20.3 Å². The van der Waals surface area contributed by atoms with E-state index in [1.54, 1.807) is 39.0 Å². The molecule has 4 aliphatic rings. The molecule has 0 radical (unpaired) electrons. The van der Waals surface area contributed by atoms with Crippen molar-refractivity contribution in [2.24, 2.45) is 11.3 Å². The topological polar surface area (TPSA) is 180 Å². The van der Waals surface area contributed by atoms with E-state index >= 15 is 0 Å². The van der Waals surface area contributed by atoms with Crippen LogP contribution in [0.4, 0.5) is 4.79 Å². The number of phenols is 1. The van der Waals surface area contributed by atoms with E-state index in [2.05, 4.69) is 21.9 Å². The molecule has 5 atom stereocenters. The third kappa shape index (κ3) is 7.80. The molecular formula is C39H50N4O9S. The number of rotatable bonds is 12. The predicted molar refractivity (Wildman–Crippen MR) is 197 cm³/mol. The molecule has 13 nitrogen and oxygen atoms in total. The van der Waals surface area contributed by atoms with Gasteiger partial charge in [0.05, 0.1) is 11.8 Å². The first-order valence-corrected chi connectivity index (χ1v) is 19.8. The third-order valence-electron chi connectivity index (χ3n) is 11.1. The highest BCUT2D eigenvalue weighted by molar-refractivity contribution is 7.91. The Morgan fingerprint density at radius 1 is 1.00 bits per heavy atom. The van der Waals surface area contributed by atoms with Gasteiger partial charge in [0, 0.05) is 25.0 Å². The van der Waals surface area contributed by atoms with Crippen molar-refractivity contribution in [2.75, 3.05) is 13.7 Å². The number of sulfonamides is 1. The molecule has 1 aliphatic heterocycles. The third-order valence-corrected chi connectivity index (χ3v) is 12.9. The van der Waals surface area contributed by atoms with Gasteiger partial charge in [-0.3, -0.25) is 19.1 Å². The molecule has 4 fully saturated rings. The summed E-state index contributed by atoms with van der Waals surface area (Å²) in [7, 11) is -2.42. The molecule has 1 heterocycles. The number of hydrogen-bond donors (Lipinski definition) is 4. The molecule has 0 aromatic heterocycles. The van der Waals surface area contributed by atoms with Crippen LogP contribution in [0.25, 0.3) is 11.1 Å². The number of carbonyl (C=O) groups excluding carboxylic acids is 4. The zero-order chi connectivity index (χ0) is 38.3. The summed E-state index contributed by atoms with van der Waals surface area (Å²) in [4.78, 5) is 57.3. The monoisotopic (exact) mass is 750 g/mol. The molecule has 14 heteroatoms. The number of benzene rings is 2. The largest absolute Gasteiger partial charge is 0.507 e. The summed E-state index contributed by atoms with van der Waals surface area (Å²) in [6.45, 7) is 9.11. The molecule has 0 unspecified atom stereocenters. The van der Waals surface area contributed by atoms with Gasteiger partial charge in [-0.05, 0) is 67.6 Å². The summed E-state index contributed by atoms with van der Waals surface area (Å²) in [5.41, 5.74) is -1.55. The molecular weight excluding hydrogens is 701 g/mol. The quantitative estimate of drug-likeness (QED) is 0.231. The lowest BCUT2D eigenvalue weighted by atomic mass is 9.85. The number of likely N-dealkylation sites (tertiary alicyclic amines) is 1. The summed E-state index contributed by atoms with van der Waals surface area (Å²) in [6, 6.07) is 11.9. The average molecular weight is 751 g/mol. The van der Waals surface area contributed by atoms with Gasteiger partial charge in [0.25, 0.3) is 5.91 Å². The second-order valence-electron chi connectivity index (χ2n) is 15.9. The fraction of sp³-hybridized carbons (Fsp3) is 0.538. The molecule has 6 rings (SSSR count). The van der Waals surface area contributed by atoms with Crippen molar-refractivity contribution in [3.8, 4) is 16.9 Å². The van der Waals surface area contributed by atoms with Crippen LogP contribution in [0.15, 0.2) is 61.2 Å². The van der Waals surface area contributed by atoms with Crippen molar-refractivity contribution in [1.29, 1.82) is 0 Å². The molecule has 3 aliphatic carbocycles. The standard InChI is InChI=1S/C39H50N4O9S/c1-6-25-21-39(25,35(47)42-53(49,50)28-19-20-28)41-33(45)30-22-38(51-5,26-17-15-24(16-18-26)29-13-9-10-14-31(29)44)23-43(30)34(46)32(37(2,3)4)40-36(48)52-27-11-7-8-12-27/h6,9-10,13-18,25,27-28,30,32,44H,1,7-8,11-12,19-23H2,2-5H3,(H,40,48)(H,41,45)(H,42,47)/t25-,30+,32-,38+,39-/m1/s1. The number of amides is 4. The van der Waals surface area contributed by atoms with Crippen molar-refractivity contribution in [2.45, 2.75) is 107 Å². The van der Waals surface area contributed by atoms with Gasteiger partial charge >= 0.3 is 6.09 Å². The van der Waals surface area contributed by atoms with E-state index in [9.17, 15) is 32.7 Å². The van der Waals surface area contributed by atoms with Gasteiger partial charge < -0.3 is 30.1 Å². The lowest BCUT2D eigenvalue weighted by molar-refractivity contribution is -0.143. The van der Waals surface area contributed by atoms with Crippen LogP contribution in [0.1, 0.15) is 77.7 Å². The minimum Gasteiger partial charge on any atom is -0.507 e. The molecule has 2 aromatic carbocycles. The maximum Gasteiger partial charge on any atom is 0.408 e. The number of alkyl carbamates (subject to hydrolysis) is 1. The zero-order valence-electron chi connectivity index (χ0n) is 30.7. The van der Waals surface area contributed by atoms with Crippen molar-refractivity contribution < 1.29 is 42.2 Å². The van der Waals surface area contributed by atoms with Gasteiger partial charge in [-0.15, -0.1) is 6.58 Å². The lowest BCUT2D eigenvalue weighted by Gasteiger charge is -2.36. The van der Waals surface area contributed by atoms with Crippen LogP contribution < -0.4 is 15.4 Å². The van der Waals surface area contributed by atoms with E-state index in [0.717, 1.165) is 31.2 Å². The van der Waals surface area contributed by atoms with E-state index in [1.807, 2.05) is 30.3 Å². The van der Waals surface area contributed by atoms with Crippen LogP contribution >= 0.6 is 0 Å².